The van der Waals surface area contributed by atoms with E-state index in [9.17, 15) is 37.8 Å². The van der Waals surface area contributed by atoms with E-state index in [1.165, 1.54) is 41.5 Å². The van der Waals surface area contributed by atoms with E-state index in [1.54, 1.807) is 12.1 Å². The summed E-state index contributed by atoms with van der Waals surface area (Å²) in [5, 5.41) is 1.85. The number of ether oxygens (including phenoxy) is 3. The van der Waals surface area contributed by atoms with E-state index < -0.39 is 74.7 Å². The third kappa shape index (κ3) is 8.27. The van der Waals surface area contributed by atoms with Crippen molar-refractivity contribution in [3.63, 3.8) is 0 Å². The van der Waals surface area contributed by atoms with Crippen LogP contribution >= 0.6 is 31.1 Å². The van der Waals surface area contributed by atoms with Crippen LogP contribution in [-0.4, -0.2) is 44.4 Å². The maximum Gasteiger partial charge on any atom is 0.280 e. The fraction of sp³-hybridized carbons (Fsp3) is 0.250. The normalized spacial score (nSPS) is 26.3. The molecule has 5 aromatic rings. The Kier molecular flexibility index (Phi) is 10.1. The second-order valence-electron chi connectivity index (χ2n) is 11.4. The predicted molar refractivity (Wildman–Crippen MR) is 170 cm³/mol. The molecule has 0 radical (unpaired) electrons. The average Bonchev–Trinajstić information content (AvgIpc) is 3.77. The van der Waals surface area contributed by atoms with Gasteiger partial charge in [-0.3, -0.25) is 22.6 Å². The summed E-state index contributed by atoms with van der Waals surface area (Å²) in [6, 6.07) is 20.2. The summed E-state index contributed by atoms with van der Waals surface area (Å²) < 4.78 is 85.6. The minimum absolute atomic E-state index is 0.0757. The molecule has 52 heavy (non-hydrogen) atoms. The fourth-order valence-corrected chi connectivity index (χ4v) is 11.1. The Morgan fingerprint density at radius 2 is 1.42 bits per heavy atom. The molecule has 2 saturated heterocycles. The van der Waals surface area contributed by atoms with E-state index in [0.29, 0.717) is 5.56 Å². The molecule has 24 heteroatoms. The number of benzene rings is 3. The first-order valence-corrected chi connectivity index (χ1v) is 21.1. The number of aromatic nitrogens is 4. The molecular formula is C28H25N5O15P4-4. The monoisotopic (exact) mass is 795 g/mol. The van der Waals surface area contributed by atoms with Gasteiger partial charge in [0, 0.05) is 11.7 Å². The Morgan fingerprint density at radius 1 is 0.750 bits per heavy atom. The largest absolute Gasteiger partial charge is 0.778 e. The molecular weight excluding hydrogens is 770 g/mol. The number of nitrogen functional groups attached to an aromatic ring is 1. The Balaban J connectivity index is 1.06. The quantitative estimate of drug-likeness (QED) is 0.167. The summed E-state index contributed by atoms with van der Waals surface area (Å²) in [4.78, 5) is 61.7. The van der Waals surface area contributed by atoms with Crippen molar-refractivity contribution >= 4 is 58.8 Å². The summed E-state index contributed by atoms with van der Waals surface area (Å²) in [5.74, 6) is 0.0757. The Bertz CT molecular complexity index is 2320. The van der Waals surface area contributed by atoms with Gasteiger partial charge in [-0.1, -0.05) is 66.7 Å². The zero-order valence-electron chi connectivity index (χ0n) is 26.2. The highest BCUT2D eigenvalue weighted by atomic mass is 31.3. The fourth-order valence-electron chi connectivity index (χ4n) is 5.71. The molecule has 20 nitrogen and oxygen atoms in total. The lowest BCUT2D eigenvalue weighted by Crippen LogP contribution is -2.32. The smallest absolute Gasteiger partial charge is 0.280 e. The summed E-state index contributed by atoms with van der Waals surface area (Å²) in [6.45, 7) is -0.936. The number of rotatable bonds is 13. The zero-order chi connectivity index (χ0) is 36.9. The first-order chi connectivity index (χ1) is 24.6. The van der Waals surface area contributed by atoms with Crippen LogP contribution in [-0.2, 0) is 56.1 Å². The minimum atomic E-state index is -6.39. The van der Waals surface area contributed by atoms with Crippen LogP contribution < -0.4 is 25.3 Å². The van der Waals surface area contributed by atoms with E-state index in [0.717, 1.165) is 10.8 Å². The molecule has 0 bridgehead atoms. The van der Waals surface area contributed by atoms with Crippen molar-refractivity contribution in [2.45, 2.75) is 37.0 Å². The number of anilines is 1. The molecule has 276 valence electrons. The van der Waals surface area contributed by atoms with Gasteiger partial charge in [0.15, 0.2) is 24.0 Å². The van der Waals surface area contributed by atoms with Gasteiger partial charge < -0.3 is 48.6 Å². The Labute approximate surface area is 293 Å². The van der Waals surface area contributed by atoms with Crippen LogP contribution in [0.3, 0.4) is 0 Å². The van der Waals surface area contributed by atoms with Gasteiger partial charge >= 0.3 is 0 Å². The van der Waals surface area contributed by atoms with Gasteiger partial charge in [0.2, 0.25) is 0 Å². The highest BCUT2D eigenvalue weighted by Crippen LogP contribution is 2.67. The molecule has 0 spiro atoms. The van der Waals surface area contributed by atoms with Gasteiger partial charge in [0.1, 0.15) is 37.8 Å². The SMILES string of the molecule is Nc1ncnc2c1ncn2[C@@H]1O[C@H](COP(=O)([O-])OP(=O)([O-])OP(=O)([O-])OP(=O)([O-])Cc2ccccc2)C2OC(c3ccc4ccccc4c3)O[C@@H]21. The van der Waals surface area contributed by atoms with Crippen LogP contribution in [0.5, 0.6) is 0 Å². The minimum Gasteiger partial charge on any atom is -0.778 e. The van der Waals surface area contributed by atoms with E-state index >= 15 is 0 Å². The third-order valence-electron chi connectivity index (χ3n) is 7.79. The first kappa shape index (κ1) is 37.1. The number of fused-ring (bicyclic) bond motifs is 3. The maximum absolute atomic E-state index is 12.6. The van der Waals surface area contributed by atoms with E-state index in [4.69, 9.17) is 24.5 Å². The third-order valence-corrected chi connectivity index (χ3v) is 14.0. The number of imidazole rings is 1. The number of phosphoric ester groups is 1. The van der Waals surface area contributed by atoms with Gasteiger partial charge in [0.25, 0.3) is 23.5 Å². The zero-order valence-corrected chi connectivity index (χ0v) is 29.7. The number of hydrogen-bond acceptors (Lipinski definition) is 19. The molecule has 3 aromatic carbocycles. The highest BCUT2D eigenvalue weighted by molar-refractivity contribution is 7.69. The lowest BCUT2D eigenvalue weighted by atomic mass is 10.1. The summed E-state index contributed by atoms with van der Waals surface area (Å²) >= 11 is 0. The molecule has 0 amide bonds. The lowest BCUT2D eigenvalue weighted by molar-refractivity contribution is -0.252. The predicted octanol–water partition coefficient (Wildman–Crippen LogP) is 2.17. The average molecular weight is 795 g/mol. The number of nitrogens with two attached hydrogens (primary N) is 1. The summed E-state index contributed by atoms with van der Waals surface area (Å²) in [6.07, 6.45) is -3.71. The van der Waals surface area contributed by atoms with Gasteiger partial charge in [-0.15, -0.1) is 0 Å². The highest BCUT2D eigenvalue weighted by Gasteiger charge is 2.54. The lowest BCUT2D eigenvalue weighted by Gasteiger charge is -2.36. The van der Waals surface area contributed by atoms with Gasteiger partial charge in [-0.25, -0.2) is 23.6 Å². The van der Waals surface area contributed by atoms with Crippen molar-refractivity contribution in [1.29, 1.82) is 0 Å². The molecule has 2 fully saturated rings. The maximum atomic E-state index is 12.6. The second kappa shape index (κ2) is 14.2. The summed E-state index contributed by atoms with van der Waals surface area (Å²) in [5.41, 5.74) is 7.14. The Hall–Kier alpha value is -3.25. The molecule has 2 aliphatic rings. The topological polar surface area (TPSA) is 295 Å². The van der Waals surface area contributed by atoms with Crippen LogP contribution in [0.25, 0.3) is 21.9 Å². The molecule has 2 aromatic heterocycles. The molecule has 4 heterocycles. The van der Waals surface area contributed by atoms with Gasteiger partial charge in [-0.2, -0.15) is 0 Å². The van der Waals surface area contributed by atoms with Crippen molar-refractivity contribution in [2.75, 3.05) is 12.3 Å². The summed E-state index contributed by atoms with van der Waals surface area (Å²) in [7, 11) is -23.9. The molecule has 6 unspecified atom stereocenters. The van der Waals surface area contributed by atoms with Crippen molar-refractivity contribution in [3.8, 4) is 0 Å². The number of nitrogens with zero attached hydrogens (tertiary/aromatic N) is 4. The first-order valence-electron chi connectivity index (χ1n) is 15.0. The molecule has 7 rings (SSSR count). The van der Waals surface area contributed by atoms with Crippen molar-refractivity contribution in [2.24, 2.45) is 0 Å². The molecule has 9 atom stereocenters. The van der Waals surface area contributed by atoms with Crippen LogP contribution in [0.1, 0.15) is 23.6 Å². The van der Waals surface area contributed by atoms with E-state index in [2.05, 4.69) is 27.9 Å². The van der Waals surface area contributed by atoms with Crippen LogP contribution in [0.2, 0.25) is 0 Å². The molecule has 2 aliphatic heterocycles. The van der Waals surface area contributed by atoms with E-state index in [-0.39, 0.29) is 22.5 Å². The second-order valence-corrected chi connectivity index (χ2v) is 17.9. The number of phosphoric acid groups is 3. The molecule has 0 aliphatic carbocycles. The van der Waals surface area contributed by atoms with E-state index in [1.807, 2.05) is 36.4 Å². The van der Waals surface area contributed by atoms with Crippen molar-refractivity contribution in [1.82, 2.24) is 19.5 Å². The Morgan fingerprint density at radius 3 is 2.19 bits per heavy atom. The van der Waals surface area contributed by atoms with Crippen LogP contribution in [0, 0.1) is 0 Å². The van der Waals surface area contributed by atoms with Crippen LogP contribution in [0.4, 0.5) is 5.82 Å². The van der Waals surface area contributed by atoms with Gasteiger partial charge in [0.05, 0.1) is 12.9 Å². The van der Waals surface area contributed by atoms with Gasteiger partial charge in [-0.05, 0) is 22.4 Å². The molecule has 2 N–H and O–H groups in total. The standard InChI is InChI=1S/C28H29N5O15P4/c29-25-22-26(31-15-30-25)33(16-32-22)27-24-23(44-28(45-24)20-11-10-18-8-4-5-9-19(18)12-20)21(43-27)13-42-50(36,37)47-52(40,41)48-51(38,39)46-49(34,35)14-17-6-2-1-3-7-17/h1-12,15-16,21,23-24,27-28H,13-14H2,(H,34,35)(H,36,37)(H,38,39)(H,40,41)(H2,29,30,31)/p-4/t21-,23?,24+,27-,28?/m1/s1. The number of hydrogen-bond donors (Lipinski definition) is 1. The van der Waals surface area contributed by atoms with Crippen molar-refractivity contribution in [3.05, 3.63) is 96.6 Å². The van der Waals surface area contributed by atoms with Crippen molar-refractivity contribution < 1.29 is 69.5 Å². The van der Waals surface area contributed by atoms with Crippen LogP contribution in [0.15, 0.2) is 85.5 Å². The molecule has 0 saturated carbocycles.